The monoisotopic (exact) mass is 813 g/mol. The minimum Gasteiger partial charge on any atom is -0.387 e. The summed E-state index contributed by atoms with van der Waals surface area (Å²) in [5, 5.41) is 32.2. The first-order valence-electron chi connectivity index (χ1n) is 14.8. The highest BCUT2D eigenvalue weighted by Gasteiger charge is 2.50. The van der Waals surface area contributed by atoms with Crippen molar-refractivity contribution in [2.75, 3.05) is 26.1 Å². The molecule has 0 amide bonds. The van der Waals surface area contributed by atoms with Gasteiger partial charge in [-0.3, -0.25) is 23.7 Å². The SMILES string of the molecule is [BH3-]P(=O)(OC[C@H]1O[C@@H](n2c[n+](C)c3c(=O)[nH]c(N)nc32)[C@@H](O)C1O)OP(=O)(O)OP(=O)(O)OC[C@H]1O[C@@H](n2cnc3c(=O)[nH]c(C)nc32)[C@@H](O)C1OC. The van der Waals surface area contributed by atoms with E-state index < -0.39 is 104 Å². The maximum atomic E-state index is 13.1. The van der Waals surface area contributed by atoms with Crippen LogP contribution in [0.1, 0.15) is 18.3 Å². The molecule has 2 aliphatic heterocycles. The van der Waals surface area contributed by atoms with Gasteiger partial charge in [0.1, 0.15) is 42.4 Å². The number of fused-ring (bicyclic) bond motifs is 2. The van der Waals surface area contributed by atoms with Crippen LogP contribution in [0.15, 0.2) is 22.2 Å². The topological polar surface area (TPSA) is 361 Å². The van der Waals surface area contributed by atoms with Gasteiger partial charge in [0.15, 0.2) is 24.9 Å². The van der Waals surface area contributed by atoms with Gasteiger partial charge < -0.3 is 59.1 Å². The van der Waals surface area contributed by atoms with Gasteiger partial charge in [-0.05, 0) is 6.92 Å². The van der Waals surface area contributed by atoms with Crippen molar-refractivity contribution in [1.82, 2.24) is 34.1 Å². The highest BCUT2D eigenvalue weighted by Crippen LogP contribution is 2.67. The summed E-state index contributed by atoms with van der Waals surface area (Å²) < 4.78 is 78.1. The normalized spacial score (nSPS) is 29.8. The number of hydrogen-bond acceptors (Lipinski definition) is 19. The van der Waals surface area contributed by atoms with E-state index in [1.807, 2.05) is 0 Å². The number of aryl methyl sites for hydroxylation is 2. The van der Waals surface area contributed by atoms with Crippen molar-refractivity contribution >= 4 is 59.0 Å². The smallest absolute Gasteiger partial charge is 0.387 e. The summed E-state index contributed by atoms with van der Waals surface area (Å²) in [6.07, 6.45) is -8.67. The van der Waals surface area contributed by atoms with Crippen molar-refractivity contribution < 1.29 is 75.2 Å². The lowest BCUT2D eigenvalue weighted by atomic mass is 10.1. The predicted octanol–water partition coefficient (Wildman–Crippen LogP) is -3.79. The number of rotatable bonds is 13. The summed E-state index contributed by atoms with van der Waals surface area (Å²) in [6.45, 7) is -0.0782. The fourth-order valence-corrected chi connectivity index (χ4v) is 8.81. The average Bonchev–Trinajstić information content (AvgIpc) is 3.76. The molecule has 30 heteroatoms. The summed E-state index contributed by atoms with van der Waals surface area (Å²) in [5.41, 5.74) is 4.62. The number of aromatic amines is 2. The molecule has 5 unspecified atom stereocenters. The summed E-state index contributed by atoms with van der Waals surface area (Å²) >= 11 is 0. The maximum Gasteiger partial charge on any atom is 0.485 e. The number of phosphoric ester groups is 1. The number of hydrogen-bond donors (Lipinski definition) is 8. The first-order chi connectivity index (χ1) is 24.7. The van der Waals surface area contributed by atoms with Crippen LogP contribution in [0.2, 0.25) is 0 Å². The van der Waals surface area contributed by atoms with Gasteiger partial charge in [0.2, 0.25) is 18.5 Å². The molecule has 0 bridgehead atoms. The van der Waals surface area contributed by atoms with Crippen molar-refractivity contribution in [3.05, 3.63) is 39.2 Å². The Morgan fingerprint density at radius 1 is 0.925 bits per heavy atom. The number of aliphatic hydroxyl groups is 3. The molecule has 6 heterocycles. The Bertz CT molecular complexity index is 2300. The van der Waals surface area contributed by atoms with Gasteiger partial charge in [-0.25, -0.2) is 28.0 Å². The molecule has 0 aliphatic carbocycles. The minimum atomic E-state index is -5.65. The number of aliphatic hydroxyl groups excluding tert-OH is 3. The van der Waals surface area contributed by atoms with Gasteiger partial charge in [0, 0.05) is 7.11 Å². The lowest BCUT2D eigenvalue weighted by Gasteiger charge is -2.25. The molecular formula is C23H35BN9O17P3. The zero-order valence-electron chi connectivity index (χ0n) is 26.9. The van der Waals surface area contributed by atoms with Crippen molar-refractivity contribution in [1.29, 1.82) is 0 Å². The molecule has 9 N–H and O–H groups in total. The number of nitrogens with zero attached hydrogens (tertiary/aromatic N) is 6. The molecule has 0 aromatic carbocycles. The second kappa shape index (κ2) is 14.4. The second-order valence-corrected chi connectivity index (χ2v) is 15.6. The highest BCUT2D eigenvalue weighted by molar-refractivity contribution is 7.84. The zero-order valence-corrected chi connectivity index (χ0v) is 29.6. The zero-order chi connectivity index (χ0) is 38.8. The fraction of sp³-hybridized carbons (Fsp3) is 0.565. The molecule has 2 aliphatic rings. The molecular weight excluding hydrogens is 778 g/mol. The summed E-state index contributed by atoms with van der Waals surface area (Å²) in [4.78, 5) is 62.1. The van der Waals surface area contributed by atoms with E-state index in [1.54, 1.807) is 0 Å². The van der Waals surface area contributed by atoms with Gasteiger partial charge in [-0.15, -0.1) is 0 Å². The maximum absolute atomic E-state index is 13.1. The van der Waals surface area contributed by atoms with Gasteiger partial charge in [-0.1, -0.05) is 0 Å². The number of ether oxygens (including phenoxy) is 3. The molecule has 53 heavy (non-hydrogen) atoms. The van der Waals surface area contributed by atoms with Crippen molar-refractivity contribution in [3.8, 4) is 0 Å². The van der Waals surface area contributed by atoms with Gasteiger partial charge >= 0.3 is 21.2 Å². The summed E-state index contributed by atoms with van der Waals surface area (Å²) in [6, 6.07) is 0. The Hall–Kier alpha value is -3.23. The quantitative estimate of drug-likeness (QED) is 0.0364. The molecule has 4 aromatic rings. The number of nitrogens with two attached hydrogens (primary N) is 1. The number of H-pyrrole nitrogens is 2. The number of anilines is 1. The molecule has 2 fully saturated rings. The molecule has 4 aromatic heterocycles. The number of methoxy groups -OCH3 is 1. The van der Waals surface area contributed by atoms with Gasteiger partial charge in [-0.2, -0.15) is 13.9 Å². The summed E-state index contributed by atoms with van der Waals surface area (Å²) in [7, 11) is -14.5. The predicted molar refractivity (Wildman–Crippen MR) is 177 cm³/mol. The molecule has 26 nitrogen and oxygen atoms in total. The highest BCUT2D eigenvalue weighted by atomic mass is 31.3. The molecule has 2 saturated heterocycles. The number of phosphoric acid groups is 2. The lowest BCUT2D eigenvalue weighted by molar-refractivity contribution is -0.646. The lowest BCUT2D eigenvalue weighted by Crippen LogP contribution is -2.35. The van der Waals surface area contributed by atoms with E-state index >= 15 is 0 Å². The minimum absolute atomic E-state index is 0.00800. The Morgan fingerprint density at radius 3 is 2.28 bits per heavy atom. The van der Waals surface area contributed by atoms with Gasteiger partial charge in [0.25, 0.3) is 16.7 Å². The molecule has 11 atom stereocenters. The van der Waals surface area contributed by atoms with Gasteiger partial charge in [0.05, 0.1) is 34.2 Å². The van der Waals surface area contributed by atoms with Crippen LogP contribution in [0.3, 0.4) is 0 Å². The Labute approximate surface area is 296 Å². The standard InChI is InChI=1S/C23H35BN9O17P3/c1-8-27-17-11(19(37)28-8)26-6-32(17)22-15(36)16(44-3)10(48-22)5-46-52(40,41)50-53(42,43)49-51(24,39)45-4-9-13(34)14(35)21(47-9)33-7-31(2)12-18(33)29-23(25)30-20(12)38/h6-7,9-10,13-16,21-22,34-36H,4-5H2,1-3,24H3,(H,40,41)(H,42,43)(H,27,28,37)(H3,25,29,30,38)/t9-,10-,13?,14+,15+,16?,21-,22-,51?/m1/s1. The second-order valence-electron chi connectivity index (χ2n) is 11.5. The molecule has 0 radical (unpaired) electrons. The van der Waals surface area contributed by atoms with E-state index in [9.17, 15) is 48.4 Å². The first-order valence-corrected chi connectivity index (χ1v) is 18.9. The van der Waals surface area contributed by atoms with E-state index in [0.717, 1.165) is 0 Å². The number of nitrogen functional groups attached to an aromatic ring is 1. The fourth-order valence-electron chi connectivity index (χ4n) is 5.73. The third kappa shape index (κ3) is 7.96. The van der Waals surface area contributed by atoms with Crippen molar-refractivity contribution in [3.63, 3.8) is 0 Å². The average molecular weight is 813 g/mol. The van der Waals surface area contributed by atoms with Crippen molar-refractivity contribution in [2.45, 2.75) is 56.0 Å². The van der Waals surface area contributed by atoms with E-state index in [-0.39, 0.29) is 34.1 Å². The van der Waals surface area contributed by atoms with Crippen molar-refractivity contribution in [2.24, 2.45) is 7.05 Å². The number of nitrogens with one attached hydrogen (secondary N) is 2. The molecule has 0 saturated carbocycles. The van der Waals surface area contributed by atoms with Crippen LogP contribution in [0, 0.1) is 6.92 Å². The third-order valence-electron chi connectivity index (χ3n) is 7.93. The van der Waals surface area contributed by atoms with Crippen LogP contribution in [0.5, 0.6) is 0 Å². The molecule has 6 rings (SSSR count). The number of imidazole rings is 2. The molecule has 292 valence electrons. The van der Waals surface area contributed by atoms with Crippen LogP contribution < -0.4 is 21.4 Å². The van der Waals surface area contributed by atoms with E-state index in [1.165, 1.54) is 47.4 Å². The largest absolute Gasteiger partial charge is 0.485 e. The Kier molecular flexibility index (Phi) is 10.8. The van der Waals surface area contributed by atoms with E-state index in [0.29, 0.717) is 0 Å². The van der Waals surface area contributed by atoms with Crippen LogP contribution >= 0.6 is 23.1 Å². The van der Waals surface area contributed by atoms with Crippen LogP contribution in [0.4, 0.5) is 5.95 Å². The summed E-state index contributed by atoms with van der Waals surface area (Å²) in [5.74, 6) is 0.0183. The van der Waals surface area contributed by atoms with E-state index in [4.69, 9.17) is 29.0 Å². The Balaban J connectivity index is 1.06. The van der Waals surface area contributed by atoms with Crippen LogP contribution in [-0.2, 0) is 52.6 Å². The van der Waals surface area contributed by atoms with E-state index in [2.05, 4.69) is 33.5 Å². The number of aromatic nitrogens is 8. The van der Waals surface area contributed by atoms with Crippen LogP contribution in [0.25, 0.3) is 22.3 Å². The van der Waals surface area contributed by atoms with Crippen LogP contribution in [-0.4, -0.2) is 124 Å². The first kappa shape index (κ1) is 39.5. The Morgan fingerprint density at radius 2 is 1.58 bits per heavy atom. The third-order valence-corrected chi connectivity index (χ3v) is 11.8. The molecule has 0 spiro atoms.